The van der Waals surface area contributed by atoms with E-state index in [0.29, 0.717) is 6.42 Å². The van der Waals surface area contributed by atoms with Gasteiger partial charge in [0.25, 0.3) is 5.91 Å². The number of amidine groups is 1. The van der Waals surface area contributed by atoms with Crippen LogP contribution in [0.1, 0.15) is 33.1 Å². The standard InChI is InChI=1S/C11H21N3O3/c1-7(6-10(12)13-16)14(3)11(15)9-5-4-8(2)17-9/h7-9,16H,4-6H2,1-3H3,(H2,12,13). The number of rotatable bonds is 4. The predicted molar refractivity (Wildman–Crippen MR) is 63.8 cm³/mol. The van der Waals surface area contributed by atoms with Crippen LogP contribution < -0.4 is 5.73 Å². The second kappa shape index (κ2) is 5.86. The number of hydrogen-bond acceptors (Lipinski definition) is 4. The molecule has 3 N–H and O–H groups in total. The molecule has 1 fully saturated rings. The number of ether oxygens (including phenoxy) is 1. The van der Waals surface area contributed by atoms with Gasteiger partial charge >= 0.3 is 0 Å². The molecular weight excluding hydrogens is 222 g/mol. The molecule has 0 aromatic rings. The van der Waals surface area contributed by atoms with E-state index in [1.165, 1.54) is 0 Å². The van der Waals surface area contributed by atoms with Gasteiger partial charge in [0.05, 0.1) is 6.10 Å². The zero-order valence-corrected chi connectivity index (χ0v) is 10.6. The summed E-state index contributed by atoms with van der Waals surface area (Å²) in [4.78, 5) is 13.7. The Bertz CT molecular complexity index is 306. The van der Waals surface area contributed by atoms with Crippen LogP contribution in [0.2, 0.25) is 0 Å². The summed E-state index contributed by atoms with van der Waals surface area (Å²) in [6.45, 7) is 3.82. The van der Waals surface area contributed by atoms with E-state index in [1.807, 2.05) is 13.8 Å². The number of carbonyl (C=O) groups excluding carboxylic acids is 1. The monoisotopic (exact) mass is 243 g/mol. The van der Waals surface area contributed by atoms with Crippen LogP contribution in [-0.4, -0.2) is 47.1 Å². The first-order valence-electron chi connectivity index (χ1n) is 5.84. The summed E-state index contributed by atoms with van der Waals surface area (Å²) in [5.74, 6) is 0.0884. The third-order valence-electron chi connectivity index (χ3n) is 3.15. The Morgan fingerprint density at radius 1 is 1.65 bits per heavy atom. The second-order valence-corrected chi connectivity index (χ2v) is 4.61. The molecule has 6 nitrogen and oxygen atoms in total. The minimum Gasteiger partial charge on any atom is -0.409 e. The lowest BCUT2D eigenvalue weighted by molar-refractivity contribution is -0.142. The highest BCUT2D eigenvalue weighted by Gasteiger charge is 2.31. The van der Waals surface area contributed by atoms with Crippen LogP contribution >= 0.6 is 0 Å². The van der Waals surface area contributed by atoms with Crippen molar-refractivity contribution in [2.45, 2.75) is 51.4 Å². The summed E-state index contributed by atoms with van der Waals surface area (Å²) in [7, 11) is 1.71. The van der Waals surface area contributed by atoms with Gasteiger partial charge in [-0.1, -0.05) is 5.16 Å². The summed E-state index contributed by atoms with van der Waals surface area (Å²) < 4.78 is 5.52. The molecule has 1 rings (SSSR count). The van der Waals surface area contributed by atoms with Crippen molar-refractivity contribution in [2.75, 3.05) is 7.05 Å². The van der Waals surface area contributed by atoms with E-state index in [2.05, 4.69) is 5.16 Å². The molecule has 0 saturated carbocycles. The third-order valence-corrected chi connectivity index (χ3v) is 3.15. The number of carbonyl (C=O) groups is 1. The van der Waals surface area contributed by atoms with Gasteiger partial charge < -0.3 is 20.6 Å². The normalized spacial score (nSPS) is 26.9. The van der Waals surface area contributed by atoms with Crippen LogP contribution in [-0.2, 0) is 9.53 Å². The van der Waals surface area contributed by atoms with Gasteiger partial charge in [0, 0.05) is 19.5 Å². The van der Waals surface area contributed by atoms with Gasteiger partial charge in [-0.25, -0.2) is 0 Å². The number of likely N-dealkylation sites (N-methyl/N-ethyl adjacent to an activating group) is 1. The van der Waals surface area contributed by atoms with Gasteiger partial charge in [0.2, 0.25) is 0 Å². The molecule has 98 valence electrons. The highest BCUT2D eigenvalue weighted by Crippen LogP contribution is 2.21. The Hall–Kier alpha value is -1.30. The van der Waals surface area contributed by atoms with Crippen LogP contribution in [0.25, 0.3) is 0 Å². The molecule has 0 bridgehead atoms. The fourth-order valence-electron chi connectivity index (χ4n) is 1.91. The predicted octanol–water partition coefficient (Wildman–Crippen LogP) is 0.537. The summed E-state index contributed by atoms with van der Waals surface area (Å²) in [6, 6.07) is -0.113. The molecule has 0 radical (unpaired) electrons. The molecule has 1 amide bonds. The number of amides is 1. The molecule has 0 aromatic heterocycles. The van der Waals surface area contributed by atoms with Gasteiger partial charge in [-0.05, 0) is 26.7 Å². The summed E-state index contributed by atoms with van der Waals surface area (Å²) in [6.07, 6.45) is 1.84. The van der Waals surface area contributed by atoms with Gasteiger partial charge in [-0.15, -0.1) is 0 Å². The van der Waals surface area contributed by atoms with Crippen molar-refractivity contribution in [1.82, 2.24) is 4.90 Å². The van der Waals surface area contributed by atoms with E-state index in [9.17, 15) is 4.79 Å². The van der Waals surface area contributed by atoms with E-state index in [-0.39, 0.29) is 30.0 Å². The topological polar surface area (TPSA) is 88.2 Å². The lowest BCUT2D eigenvalue weighted by atomic mass is 10.1. The Morgan fingerprint density at radius 2 is 2.29 bits per heavy atom. The van der Waals surface area contributed by atoms with Crippen molar-refractivity contribution in [3.63, 3.8) is 0 Å². The number of hydrogen-bond donors (Lipinski definition) is 2. The Balaban J connectivity index is 2.51. The molecular formula is C11H21N3O3. The number of oxime groups is 1. The molecule has 1 heterocycles. The van der Waals surface area contributed by atoms with E-state index < -0.39 is 0 Å². The van der Waals surface area contributed by atoms with Crippen molar-refractivity contribution in [3.05, 3.63) is 0 Å². The molecule has 3 unspecified atom stereocenters. The smallest absolute Gasteiger partial charge is 0.251 e. The summed E-state index contributed by atoms with van der Waals surface area (Å²) >= 11 is 0. The number of nitrogens with zero attached hydrogens (tertiary/aromatic N) is 2. The highest BCUT2D eigenvalue weighted by molar-refractivity contribution is 5.83. The minimum atomic E-state index is -0.343. The average Bonchev–Trinajstić information content (AvgIpc) is 2.73. The number of nitrogens with two attached hydrogens (primary N) is 1. The first-order valence-corrected chi connectivity index (χ1v) is 5.84. The van der Waals surface area contributed by atoms with Crippen molar-refractivity contribution >= 4 is 11.7 Å². The van der Waals surface area contributed by atoms with E-state index in [4.69, 9.17) is 15.7 Å². The largest absolute Gasteiger partial charge is 0.409 e. The summed E-state index contributed by atoms with van der Waals surface area (Å²) in [5.41, 5.74) is 5.42. The quantitative estimate of drug-likeness (QED) is 0.326. The maximum Gasteiger partial charge on any atom is 0.251 e. The van der Waals surface area contributed by atoms with Gasteiger partial charge in [-0.3, -0.25) is 4.79 Å². The fourth-order valence-corrected chi connectivity index (χ4v) is 1.91. The zero-order valence-electron chi connectivity index (χ0n) is 10.6. The average molecular weight is 243 g/mol. The maximum absolute atomic E-state index is 12.1. The Kier molecular flexibility index (Phi) is 4.74. The van der Waals surface area contributed by atoms with Crippen molar-refractivity contribution in [2.24, 2.45) is 10.9 Å². The molecule has 1 aliphatic rings. The van der Waals surface area contributed by atoms with Crippen LogP contribution in [0.3, 0.4) is 0 Å². The molecule has 6 heteroatoms. The molecule has 1 aliphatic heterocycles. The van der Waals surface area contributed by atoms with E-state index in [0.717, 1.165) is 12.8 Å². The molecule has 0 spiro atoms. The molecule has 0 aliphatic carbocycles. The van der Waals surface area contributed by atoms with E-state index >= 15 is 0 Å². The summed E-state index contributed by atoms with van der Waals surface area (Å²) in [5, 5.41) is 11.4. The Labute approximate surface area is 101 Å². The van der Waals surface area contributed by atoms with Crippen molar-refractivity contribution in [1.29, 1.82) is 0 Å². The highest BCUT2D eigenvalue weighted by atomic mass is 16.5. The third kappa shape index (κ3) is 3.59. The van der Waals surface area contributed by atoms with Crippen LogP contribution in [0.4, 0.5) is 0 Å². The van der Waals surface area contributed by atoms with Crippen LogP contribution in [0, 0.1) is 0 Å². The van der Waals surface area contributed by atoms with Crippen molar-refractivity contribution in [3.8, 4) is 0 Å². The first-order chi connectivity index (χ1) is 7.95. The van der Waals surface area contributed by atoms with Gasteiger partial charge in [0.15, 0.2) is 0 Å². The molecule has 0 aromatic carbocycles. The second-order valence-electron chi connectivity index (χ2n) is 4.61. The SMILES string of the molecule is CC1CCC(C(=O)N(C)C(C)CC(N)=NO)O1. The lowest BCUT2D eigenvalue weighted by Crippen LogP contribution is -2.43. The van der Waals surface area contributed by atoms with Gasteiger partial charge in [0.1, 0.15) is 11.9 Å². The van der Waals surface area contributed by atoms with E-state index in [1.54, 1.807) is 11.9 Å². The molecule has 1 saturated heterocycles. The van der Waals surface area contributed by atoms with Crippen LogP contribution in [0.5, 0.6) is 0 Å². The van der Waals surface area contributed by atoms with Crippen LogP contribution in [0.15, 0.2) is 5.16 Å². The zero-order chi connectivity index (χ0) is 13.0. The van der Waals surface area contributed by atoms with Gasteiger partial charge in [-0.2, -0.15) is 0 Å². The minimum absolute atomic E-state index is 0.0346. The maximum atomic E-state index is 12.1. The fraction of sp³-hybridized carbons (Fsp3) is 0.818. The first kappa shape index (κ1) is 13.8. The van der Waals surface area contributed by atoms with Crippen molar-refractivity contribution < 1.29 is 14.7 Å². The molecule has 3 atom stereocenters. The lowest BCUT2D eigenvalue weighted by Gasteiger charge is -2.27. The molecule has 17 heavy (non-hydrogen) atoms. The Morgan fingerprint density at radius 3 is 2.76 bits per heavy atom.